The van der Waals surface area contributed by atoms with E-state index in [1.807, 2.05) is 0 Å². The maximum atomic E-state index is 11.5. The van der Waals surface area contributed by atoms with Gasteiger partial charge < -0.3 is 21.1 Å². The van der Waals surface area contributed by atoms with Crippen LogP contribution in [0.2, 0.25) is 0 Å². The summed E-state index contributed by atoms with van der Waals surface area (Å²) in [5.74, 6) is -0.317. The van der Waals surface area contributed by atoms with Crippen LogP contribution < -0.4 is 6.15 Å². The highest BCUT2D eigenvalue weighted by Gasteiger charge is 2.11. The van der Waals surface area contributed by atoms with Gasteiger partial charge in [-0.1, -0.05) is 96.8 Å². The normalized spacial score (nSPS) is 10.9. The number of carbonyl (C=O) groups excluding carboxylic acids is 1. The topological polar surface area (TPSA) is 165 Å². The van der Waals surface area contributed by atoms with E-state index in [1.54, 1.807) is 0 Å². The molecule has 0 fully saturated rings. The molecule has 0 atom stereocenters. The van der Waals surface area contributed by atoms with E-state index in [2.05, 4.69) is 11.1 Å². The van der Waals surface area contributed by atoms with Gasteiger partial charge in [-0.3, -0.25) is 13.5 Å². The van der Waals surface area contributed by atoms with E-state index >= 15 is 0 Å². The molecule has 0 rings (SSSR count). The van der Waals surface area contributed by atoms with Crippen LogP contribution in [0.3, 0.4) is 0 Å². The van der Waals surface area contributed by atoms with Crippen molar-refractivity contribution in [2.45, 2.75) is 116 Å². The van der Waals surface area contributed by atoms with Gasteiger partial charge in [-0.2, -0.15) is 8.42 Å². The molecule has 0 heterocycles. The van der Waals surface area contributed by atoms with Gasteiger partial charge in [0.05, 0.1) is 20.3 Å². The minimum absolute atomic E-state index is 0. The minimum Gasteiger partial charge on any atom is -0.457 e. The molecule has 32 heavy (non-hydrogen) atoms. The smallest absolute Gasteiger partial charge is 0.397 e. The fraction of sp³-hybridized carbons (Fsp3) is 0.955. The molecule has 0 amide bonds. The molecule has 0 radical (unpaired) electrons. The van der Waals surface area contributed by atoms with Gasteiger partial charge in [-0.05, 0) is 6.42 Å². The van der Waals surface area contributed by atoms with E-state index in [1.165, 1.54) is 83.5 Å². The molecule has 196 valence electrons. The molecule has 0 saturated heterocycles. The Bertz CT molecular complexity index is 484. The Morgan fingerprint density at radius 2 is 1.06 bits per heavy atom. The minimum atomic E-state index is -4.16. The van der Waals surface area contributed by atoms with Crippen LogP contribution in [0.15, 0.2) is 0 Å². The number of esters is 1. The number of rotatable bonds is 20. The van der Waals surface area contributed by atoms with Crippen LogP contribution in [0, 0.1) is 0 Å². The van der Waals surface area contributed by atoms with Crippen LogP contribution in [0.4, 0.5) is 0 Å². The molecule has 0 aromatic carbocycles. The predicted molar refractivity (Wildman–Crippen MR) is 127 cm³/mol. The highest BCUT2D eigenvalue weighted by molar-refractivity contribution is 7.80. The zero-order valence-corrected chi connectivity index (χ0v) is 21.1. The molecule has 6 N–H and O–H groups in total. The first-order chi connectivity index (χ1) is 14.8. The fourth-order valence-electron chi connectivity index (χ4n) is 3.02. The van der Waals surface area contributed by atoms with E-state index < -0.39 is 16.5 Å². The molecule has 0 spiro atoms. The van der Waals surface area contributed by atoms with Crippen LogP contribution in [0.5, 0.6) is 0 Å². The Morgan fingerprint density at radius 1 is 0.750 bits per heavy atom. The molecular formula is C22H49NO8S. The first-order valence-electron chi connectivity index (χ1n) is 11.7. The van der Waals surface area contributed by atoms with Crippen LogP contribution in [0.25, 0.3) is 0 Å². The Kier molecular flexibility index (Phi) is 29.6. The van der Waals surface area contributed by atoms with Gasteiger partial charge in [0.2, 0.25) is 0 Å². The zero-order valence-electron chi connectivity index (χ0n) is 20.3. The summed E-state index contributed by atoms with van der Waals surface area (Å²) < 4.78 is 34.6. The summed E-state index contributed by atoms with van der Waals surface area (Å²) in [6.07, 6.45) is 19.1. The second-order valence-electron chi connectivity index (χ2n) is 7.77. The van der Waals surface area contributed by atoms with Gasteiger partial charge in [0.1, 0.15) is 6.10 Å². The number of aliphatic hydroxyl groups is 2. The molecule has 0 aromatic heterocycles. The Morgan fingerprint density at radius 3 is 1.34 bits per heavy atom. The first-order valence-corrected chi connectivity index (χ1v) is 13.1. The van der Waals surface area contributed by atoms with Crippen molar-refractivity contribution in [2.75, 3.05) is 20.3 Å². The van der Waals surface area contributed by atoms with Crippen molar-refractivity contribution in [3.63, 3.8) is 0 Å². The van der Waals surface area contributed by atoms with Gasteiger partial charge in [0.25, 0.3) is 0 Å². The lowest BCUT2D eigenvalue weighted by Gasteiger charge is -2.12. The monoisotopic (exact) mass is 487 g/mol. The van der Waals surface area contributed by atoms with Crippen molar-refractivity contribution in [2.24, 2.45) is 0 Å². The number of hydrogen-bond acceptors (Lipinski definition) is 8. The Balaban J connectivity index is -0.00000105. The lowest BCUT2D eigenvalue weighted by Crippen LogP contribution is -2.25. The summed E-state index contributed by atoms with van der Waals surface area (Å²) in [6.45, 7) is 1.63. The summed E-state index contributed by atoms with van der Waals surface area (Å²) in [7, 11) is -3.29. The van der Waals surface area contributed by atoms with E-state index in [-0.39, 0.29) is 25.3 Å². The molecule has 0 bridgehead atoms. The van der Waals surface area contributed by atoms with Crippen molar-refractivity contribution in [3.8, 4) is 0 Å². The zero-order chi connectivity index (χ0) is 23.8. The highest BCUT2D eigenvalue weighted by atomic mass is 32.3. The lowest BCUT2D eigenvalue weighted by molar-refractivity contribution is -0.153. The third kappa shape index (κ3) is 31.4. The highest BCUT2D eigenvalue weighted by Crippen LogP contribution is 2.13. The standard InChI is InChI=1S/C21H42O4.CH4O4S.H3N/c1-2-3-4-5-6-7-8-9-10-11-12-13-14-15-16-17-21(24)25-20(18-22)19-23;1-5-6(2,3)4;/h20,22-23H,2-19H2,1H3;1H3,(H,2,3,4);1H3. The SMILES string of the molecule is CCCCCCCCCCCCCCCCCC(=O)OC(CO)CO.COS(=O)(=O)O.N. The second kappa shape index (κ2) is 26.5. The molecule has 9 nitrogen and oxygen atoms in total. The van der Waals surface area contributed by atoms with Crippen LogP contribution in [0.1, 0.15) is 110 Å². The third-order valence-electron chi connectivity index (χ3n) is 4.90. The summed E-state index contributed by atoms with van der Waals surface area (Å²) in [4.78, 5) is 11.5. The summed E-state index contributed by atoms with van der Waals surface area (Å²) in [5.41, 5.74) is 0. The van der Waals surface area contributed by atoms with Crippen molar-refractivity contribution in [3.05, 3.63) is 0 Å². The van der Waals surface area contributed by atoms with Gasteiger partial charge >= 0.3 is 16.4 Å². The number of ether oxygens (including phenoxy) is 1. The summed E-state index contributed by atoms with van der Waals surface area (Å²) in [6, 6.07) is 0. The van der Waals surface area contributed by atoms with Crippen LogP contribution in [-0.2, 0) is 24.1 Å². The van der Waals surface area contributed by atoms with Crippen molar-refractivity contribution in [1.29, 1.82) is 0 Å². The lowest BCUT2D eigenvalue weighted by atomic mass is 10.0. The average molecular weight is 488 g/mol. The van der Waals surface area contributed by atoms with Gasteiger partial charge in [0, 0.05) is 6.42 Å². The van der Waals surface area contributed by atoms with Crippen molar-refractivity contribution < 1.29 is 36.9 Å². The molecule has 0 unspecified atom stereocenters. The molecule has 0 aliphatic rings. The molecule has 10 heteroatoms. The number of carbonyl (C=O) groups is 1. The molecular weight excluding hydrogens is 438 g/mol. The van der Waals surface area contributed by atoms with E-state index in [0.29, 0.717) is 6.42 Å². The number of unbranched alkanes of at least 4 members (excludes halogenated alkanes) is 14. The maximum absolute atomic E-state index is 11.5. The number of hydrogen-bond donors (Lipinski definition) is 4. The van der Waals surface area contributed by atoms with Gasteiger partial charge in [-0.15, -0.1) is 0 Å². The second-order valence-corrected chi connectivity index (χ2v) is 8.96. The van der Waals surface area contributed by atoms with Gasteiger partial charge in [0.15, 0.2) is 0 Å². The van der Waals surface area contributed by atoms with Crippen molar-refractivity contribution >= 4 is 16.4 Å². The quantitative estimate of drug-likeness (QED) is 0.108. The summed E-state index contributed by atoms with van der Waals surface area (Å²) in [5, 5.41) is 17.7. The molecule has 0 aromatic rings. The number of aliphatic hydroxyl groups excluding tert-OH is 2. The van der Waals surface area contributed by atoms with Gasteiger partial charge in [-0.25, -0.2) is 0 Å². The van der Waals surface area contributed by atoms with E-state index in [9.17, 15) is 13.2 Å². The summed E-state index contributed by atoms with van der Waals surface area (Å²) >= 11 is 0. The first kappa shape index (κ1) is 35.8. The molecule has 0 aliphatic carbocycles. The molecule has 0 saturated carbocycles. The molecule has 0 aliphatic heterocycles. The Labute approximate surface area is 195 Å². The Hall–Kier alpha value is -0.780. The maximum Gasteiger partial charge on any atom is 0.397 e. The van der Waals surface area contributed by atoms with E-state index in [4.69, 9.17) is 19.5 Å². The van der Waals surface area contributed by atoms with Crippen molar-refractivity contribution in [1.82, 2.24) is 6.15 Å². The van der Waals surface area contributed by atoms with E-state index in [0.717, 1.165) is 20.0 Å². The predicted octanol–water partition coefficient (Wildman–Crippen LogP) is 4.74. The largest absolute Gasteiger partial charge is 0.457 e. The fourth-order valence-corrected chi connectivity index (χ4v) is 3.02. The third-order valence-corrected chi connectivity index (χ3v) is 5.32. The van der Waals surface area contributed by atoms with Crippen LogP contribution >= 0.6 is 0 Å². The van der Waals surface area contributed by atoms with Crippen LogP contribution in [-0.4, -0.2) is 55.6 Å². The average Bonchev–Trinajstić information content (AvgIpc) is 2.74.